The highest BCUT2D eigenvalue weighted by atomic mass is 32.1. The lowest BCUT2D eigenvalue weighted by molar-refractivity contribution is 0.242. The first-order valence-electron chi connectivity index (χ1n) is 9.27. The minimum Gasteiger partial charge on any atom is -0.309 e. The quantitative estimate of drug-likeness (QED) is 0.583. The van der Waals surface area contributed by atoms with Gasteiger partial charge in [-0.05, 0) is 50.1 Å². The second kappa shape index (κ2) is 6.55. The molecule has 1 atom stereocenters. The van der Waals surface area contributed by atoms with Crippen molar-refractivity contribution in [1.82, 2.24) is 19.9 Å². The van der Waals surface area contributed by atoms with Crippen molar-refractivity contribution in [3.05, 3.63) is 69.2 Å². The number of H-pyrrole nitrogens is 1. The zero-order valence-electron chi connectivity index (χ0n) is 15.1. The van der Waals surface area contributed by atoms with Crippen LogP contribution in [0.5, 0.6) is 0 Å². The molecule has 0 saturated carbocycles. The van der Waals surface area contributed by atoms with E-state index in [4.69, 9.17) is 9.97 Å². The van der Waals surface area contributed by atoms with E-state index >= 15 is 0 Å². The van der Waals surface area contributed by atoms with Crippen LogP contribution in [-0.2, 0) is 6.54 Å². The predicted molar refractivity (Wildman–Crippen MR) is 109 cm³/mol. The van der Waals surface area contributed by atoms with Crippen LogP contribution in [0.3, 0.4) is 0 Å². The lowest BCUT2D eigenvalue weighted by Gasteiger charge is -2.22. The number of aromatic amines is 1. The van der Waals surface area contributed by atoms with E-state index < -0.39 is 0 Å². The molecule has 0 aliphatic carbocycles. The van der Waals surface area contributed by atoms with E-state index in [1.165, 1.54) is 4.70 Å². The van der Waals surface area contributed by atoms with Gasteiger partial charge in [0.25, 0.3) is 5.56 Å². The fourth-order valence-electron chi connectivity index (χ4n) is 3.95. The number of nitrogens with zero attached hydrogens (tertiary/aromatic N) is 3. The molecule has 1 aliphatic rings. The van der Waals surface area contributed by atoms with Crippen LogP contribution < -0.4 is 5.56 Å². The largest absolute Gasteiger partial charge is 0.309 e. The number of nitrogens with one attached hydrogen (secondary N) is 1. The molecule has 0 amide bonds. The molecule has 2 aromatic carbocycles. The fourth-order valence-corrected chi connectivity index (χ4v) is 5.08. The number of hydrogen-bond donors (Lipinski definition) is 1. The van der Waals surface area contributed by atoms with Gasteiger partial charge in [-0.1, -0.05) is 24.3 Å². The molecule has 0 spiro atoms. The summed E-state index contributed by atoms with van der Waals surface area (Å²) in [5.74, 6) is 0.731. The van der Waals surface area contributed by atoms with Crippen molar-refractivity contribution in [1.29, 1.82) is 0 Å². The van der Waals surface area contributed by atoms with E-state index in [1.54, 1.807) is 11.3 Å². The maximum atomic E-state index is 12.5. The number of para-hydroxylation sites is 2. The smallest absolute Gasteiger partial charge is 0.258 e. The maximum Gasteiger partial charge on any atom is 0.258 e. The zero-order chi connectivity index (χ0) is 18.4. The van der Waals surface area contributed by atoms with Crippen LogP contribution in [0.15, 0.2) is 47.3 Å². The summed E-state index contributed by atoms with van der Waals surface area (Å²) in [5, 5.41) is 1.82. The molecule has 2 aromatic heterocycles. The van der Waals surface area contributed by atoms with Gasteiger partial charge in [-0.3, -0.25) is 9.69 Å². The summed E-state index contributed by atoms with van der Waals surface area (Å²) in [4.78, 5) is 27.4. The first kappa shape index (κ1) is 16.6. The van der Waals surface area contributed by atoms with Crippen LogP contribution in [0, 0.1) is 6.92 Å². The molecule has 1 aliphatic heterocycles. The van der Waals surface area contributed by atoms with E-state index in [1.807, 2.05) is 31.2 Å². The van der Waals surface area contributed by atoms with E-state index in [9.17, 15) is 4.79 Å². The molecule has 3 heterocycles. The number of likely N-dealkylation sites (tertiary alicyclic amines) is 1. The van der Waals surface area contributed by atoms with Gasteiger partial charge in [-0.25, -0.2) is 9.97 Å². The number of rotatable bonds is 3. The van der Waals surface area contributed by atoms with Crippen LogP contribution in [0.1, 0.15) is 35.3 Å². The number of thiazole rings is 1. The number of aryl methyl sites for hydroxylation is 1. The Morgan fingerprint density at radius 3 is 2.96 bits per heavy atom. The molecule has 1 fully saturated rings. The van der Waals surface area contributed by atoms with E-state index in [-0.39, 0.29) is 5.56 Å². The first-order valence-corrected chi connectivity index (χ1v) is 10.1. The summed E-state index contributed by atoms with van der Waals surface area (Å²) >= 11 is 1.77. The highest BCUT2D eigenvalue weighted by Crippen LogP contribution is 2.36. The van der Waals surface area contributed by atoms with E-state index in [0.29, 0.717) is 18.0 Å². The highest BCUT2D eigenvalue weighted by molar-refractivity contribution is 7.18. The average molecular weight is 376 g/mol. The van der Waals surface area contributed by atoms with Crippen LogP contribution in [0.4, 0.5) is 0 Å². The van der Waals surface area contributed by atoms with Gasteiger partial charge in [0.05, 0.1) is 33.7 Å². The Morgan fingerprint density at radius 2 is 2.07 bits per heavy atom. The number of fused-ring (bicyclic) bond motifs is 2. The van der Waals surface area contributed by atoms with Gasteiger partial charge in [0, 0.05) is 0 Å². The monoisotopic (exact) mass is 376 g/mol. The second-order valence-corrected chi connectivity index (χ2v) is 8.19. The standard InChI is InChI=1S/C21H20N4OS/c1-13-6-4-7-14-19(13)23-18(24-20(14)26)12-25-11-5-9-16(25)21-22-15-8-2-3-10-17(15)27-21/h2-4,6-8,10,16H,5,9,11-12H2,1H3,(H,23,24,26). The van der Waals surface area contributed by atoms with E-state index in [2.05, 4.69) is 28.1 Å². The Hall–Kier alpha value is -2.57. The summed E-state index contributed by atoms with van der Waals surface area (Å²) in [6.45, 7) is 3.63. The predicted octanol–water partition coefficient (Wildman–Crippen LogP) is 4.18. The Bertz CT molecular complexity index is 1160. The van der Waals surface area contributed by atoms with Gasteiger partial charge >= 0.3 is 0 Å². The van der Waals surface area contributed by atoms with Crippen LogP contribution in [-0.4, -0.2) is 26.4 Å². The summed E-state index contributed by atoms with van der Waals surface area (Å²) in [6.07, 6.45) is 2.23. The summed E-state index contributed by atoms with van der Waals surface area (Å²) in [5.41, 5.74) is 2.84. The minimum atomic E-state index is -0.0607. The molecule has 0 bridgehead atoms. The molecular weight excluding hydrogens is 356 g/mol. The molecule has 27 heavy (non-hydrogen) atoms. The highest BCUT2D eigenvalue weighted by Gasteiger charge is 2.29. The molecule has 0 radical (unpaired) electrons. The Kier molecular flexibility index (Phi) is 4.02. The van der Waals surface area contributed by atoms with Crippen molar-refractivity contribution in [2.24, 2.45) is 0 Å². The first-order chi connectivity index (χ1) is 13.2. The number of benzene rings is 2. The third kappa shape index (κ3) is 2.95. The lowest BCUT2D eigenvalue weighted by Crippen LogP contribution is -2.25. The topological polar surface area (TPSA) is 61.9 Å². The van der Waals surface area contributed by atoms with Crippen molar-refractivity contribution >= 4 is 32.5 Å². The molecule has 136 valence electrons. The van der Waals surface area contributed by atoms with Gasteiger partial charge in [-0.2, -0.15) is 0 Å². The minimum absolute atomic E-state index is 0.0607. The van der Waals surface area contributed by atoms with Gasteiger partial charge in [0.2, 0.25) is 0 Å². The Morgan fingerprint density at radius 1 is 1.19 bits per heavy atom. The van der Waals surface area contributed by atoms with Gasteiger partial charge < -0.3 is 4.98 Å². The molecule has 5 rings (SSSR count). The van der Waals surface area contributed by atoms with Crippen molar-refractivity contribution in [2.75, 3.05) is 6.54 Å². The summed E-state index contributed by atoms with van der Waals surface area (Å²) in [6, 6.07) is 14.3. The molecule has 1 saturated heterocycles. The van der Waals surface area contributed by atoms with Gasteiger partial charge in [0.15, 0.2) is 0 Å². The number of aromatic nitrogens is 3. The van der Waals surface area contributed by atoms with E-state index in [0.717, 1.165) is 46.8 Å². The number of hydrogen-bond acceptors (Lipinski definition) is 5. The van der Waals surface area contributed by atoms with Crippen molar-refractivity contribution in [3.63, 3.8) is 0 Å². The summed E-state index contributed by atoms with van der Waals surface area (Å²) in [7, 11) is 0. The van der Waals surface area contributed by atoms with Crippen molar-refractivity contribution in [2.45, 2.75) is 32.4 Å². The average Bonchev–Trinajstić information content (AvgIpc) is 3.29. The SMILES string of the molecule is Cc1cccc2c(=O)[nH]c(CN3CCCC3c3nc4ccccc4s3)nc12. The lowest BCUT2D eigenvalue weighted by atomic mass is 10.1. The summed E-state index contributed by atoms with van der Waals surface area (Å²) < 4.78 is 1.23. The zero-order valence-corrected chi connectivity index (χ0v) is 15.9. The maximum absolute atomic E-state index is 12.5. The molecular formula is C21H20N4OS. The second-order valence-electron chi connectivity index (χ2n) is 7.13. The molecule has 6 heteroatoms. The fraction of sp³-hybridized carbons (Fsp3) is 0.286. The third-order valence-corrected chi connectivity index (χ3v) is 6.44. The van der Waals surface area contributed by atoms with Crippen LogP contribution in [0.2, 0.25) is 0 Å². The third-order valence-electron chi connectivity index (χ3n) is 5.30. The molecule has 5 nitrogen and oxygen atoms in total. The van der Waals surface area contributed by atoms with Gasteiger partial charge in [-0.15, -0.1) is 11.3 Å². The Balaban J connectivity index is 1.48. The Labute approximate surface area is 160 Å². The van der Waals surface area contributed by atoms with Gasteiger partial charge in [0.1, 0.15) is 10.8 Å². The van der Waals surface area contributed by atoms with Crippen LogP contribution >= 0.6 is 11.3 Å². The van der Waals surface area contributed by atoms with Crippen LogP contribution in [0.25, 0.3) is 21.1 Å². The molecule has 4 aromatic rings. The van der Waals surface area contributed by atoms with Crippen molar-refractivity contribution < 1.29 is 0 Å². The molecule has 1 N–H and O–H groups in total. The normalized spacial score (nSPS) is 17.9. The molecule has 1 unspecified atom stereocenters. The van der Waals surface area contributed by atoms with Crippen molar-refractivity contribution in [3.8, 4) is 0 Å².